The van der Waals surface area contributed by atoms with Crippen LogP contribution in [0.1, 0.15) is 6.42 Å². The number of carbonyl (C=O) groups excluding carboxylic acids is 1. The minimum Gasteiger partial charge on any atom is -0.480 e. The molecule has 17 heavy (non-hydrogen) atoms. The van der Waals surface area contributed by atoms with Gasteiger partial charge in [0.15, 0.2) is 5.60 Å². The Labute approximate surface area is 98.9 Å². The molecule has 3 rings (SSSR count). The SMILES string of the molecule is NC1C(=O)Nc2ccccc2OC12CCOC2. The molecule has 1 saturated heterocycles. The van der Waals surface area contributed by atoms with Crippen LogP contribution in [0.4, 0.5) is 5.69 Å². The first-order chi connectivity index (χ1) is 8.21. The van der Waals surface area contributed by atoms with Gasteiger partial charge in [-0.15, -0.1) is 0 Å². The largest absolute Gasteiger partial charge is 0.480 e. The minimum atomic E-state index is -0.726. The van der Waals surface area contributed by atoms with Crippen molar-refractivity contribution < 1.29 is 14.3 Å². The number of para-hydroxylation sites is 2. The summed E-state index contributed by atoms with van der Waals surface area (Å²) in [5.41, 5.74) is 5.92. The molecular weight excluding hydrogens is 220 g/mol. The van der Waals surface area contributed by atoms with E-state index in [1.165, 1.54) is 0 Å². The van der Waals surface area contributed by atoms with Crippen molar-refractivity contribution in [1.29, 1.82) is 0 Å². The Balaban J connectivity index is 2.05. The Kier molecular flexibility index (Phi) is 2.31. The Morgan fingerprint density at radius 2 is 2.24 bits per heavy atom. The van der Waals surface area contributed by atoms with Crippen LogP contribution in [0.15, 0.2) is 24.3 Å². The summed E-state index contributed by atoms with van der Waals surface area (Å²) >= 11 is 0. The molecule has 1 fully saturated rings. The van der Waals surface area contributed by atoms with E-state index in [2.05, 4.69) is 5.32 Å². The monoisotopic (exact) mass is 234 g/mol. The topological polar surface area (TPSA) is 73.6 Å². The average Bonchev–Trinajstić information content (AvgIpc) is 2.76. The van der Waals surface area contributed by atoms with Crippen LogP contribution in [-0.4, -0.2) is 30.8 Å². The standard InChI is InChI=1S/C12H14N2O3/c13-10-11(15)14-8-3-1-2-4-9(8)17-12(10)5-6-16-7-12/h1-4,10H,5-7,13H2,(H,14,15). The van der Waals surface area contributed by atoms with Crippen molar-refractivity contribution in [2.75, 3.05) is 18.5 Å². The second-order valence-electron chi connectivity index (χ2n) is 4.43. The zero-order valence-electron chi connectivity index (χ0n) is 9.31. The fourth-order valence-electron chi connectivity index (χ4n) is 2.28. The molecule has 2 aliphatic rings. The molecule has 3 N–H and O–H groups in total. The number of nitrogens with two attached hydrogens (primary N) is 1. The lowest BCUT2D eigenvalue weighted by Crippen LogP contribution is -2.57. The molecule has 1 spiro atoms. The van der Waals surface area contributed by atoms with E-state index in [9.17, 15) is 4.79 Å². The number of anilines is 1. The predicted molar refractivity (Wildman–Crippen MR) is 61.8 cm³/mol. The first kappa shape index (κ1) is 10.6. The average molecular weight is 234 g/mol. The summed E-state index contributed by atoms with van der Waals surface area (Å²) in [6, 6.07) is 6.63. The summed E-state index contributed by atoms with van der Waals surface area (Å²) in [6.45, 7) is 0.930. The molecule has 0 saturated carbocycles. The molecule has 1 aromatic carbocycles. The van der Waals surface area contributed by atoms with Crippen LogP contribution in [-0.2, 0) is 9.53 Å². The van der Waals surface area contributed by atoms with Gasteiger partial charge < -0.3 is 20.5 Å². The Morgan fingerprint density at radius 3 is 3.00 bits per heavy atom. The summed E-state index contributed by atoms with van der Waals surface area (Å²) in [7, 11) is 0. The lowest BCUT2D eigenvalue weighted by atomic mass is 9.93. The molecule has 0 radical (unpaired) electrons. The smallest absolute Gasteiger partial charge is 0.245 e. The van der Waals surface area contributed by atoms with Gasteiger partial charge in [-0.2, -0.15) is 0 Å². The molecule has 0 bridgehead atoms. The van der Waals surface area contributed by atoms with Crippen LogP contribution in [0.5, 0.6) is 5.75 Å². The van der Waals surface area contributed by atoms with Gasteiger partial charge in [0, 0.05) is 6.42 Å². The second-order valence-corrected chi connectivity index (χ2v) is 4.43. The number of nitrogens with one attached hydrogen (secondary N) is 1. The van der Waals surface area contributed by atoms with Crippen LogP contribution in [0.2, 0.25) is 0 Å². The summed E-state index contributed by atoms with van der Waals surface area (Å²) in [5, 5.41) is 2.78. The maximum Gasteiger partial charge on any atom is 0.245 e. The quantitative estimate of drug-likeness (QED) is 0.685. The van der Waals surface area contributed by atoms with Crippen LogP contribution >= 0.6 is 0 Å². The van der Waals surface area contributed by atoms with Crippen LogP contribution < -0.4 is 15.8 Å². The highest BCUT2D eigenvalue weighted by Crippen LogP contribution is 2.36. The molecule has 2 unspecified atom stereocenters. The molecule has 90 valence electrons. The van der Waals surface area contributed by atoms with E-state index in [4.69, 9.17) is 15.2 Å². The fraction of sp³-hybridized carbons (Fsp3) is 0.417. The van der Waals surface area contributed by atoms with Crippen LogP contribution in [0.3, 0.4) is 0 Å². The summed E-state index contributed by atoms with van der Waals surface area (Å²) in [6.07, 6.45) is 0.635. The van der Waals surface area contributed by atoms with E-state index in [0.717, 1.165) is 0 Å². The van der Waals surface area contributed by atoms with Gasteiger partial charge in [0.05, 0.1) is 18.9 Å². The van der Waals surface area contributed by atoms with Gasteiger partial charge in [-0.3, -0.25) is 4.79 Å². The van der Waals surface area contributed by atoms with Gasteiger partial charge >= 0.3 is 0 Å². The number of rotatable bonds is 0. The highest BCUT2D eigenvalue weighted by molar-refractivity contribution is 5.97. The van der Waals surface area contributed by atoms with E-state index < -0.39 is 11.6 Å². The number of fused-ring (bicyclic) bond motifs is 1. The van der Waals surface area contributed by atoms with Gasteiger partial charge in [-0.25, -0.2) is 0 Å². The lowest BCUT2D eigenvalue weighted by molar-refractivity contribution is -0.121. The highest BCUT2D eigenvalue weighted by Gasteiger charge is 2.48. The molecule has 0 aliphatic carbocycles. The number of ether oxygens (including phenoxy) is 2. The number of amides is 1. The predicted octanol–water partition coefficient (Wildman–Crippen LogP) is 0.504. The highest BCUT2D eigenvalue weighted by atomic mass is 16.6. The van der Waals surface area contributed by atoms with E-state index in [1.807, 2.05) is 18.2 Å². The zero-order chi connectivity index (χ0) is 11.9. The van der Waals surface area contributed by atoms with Crippen molar-refractivity contribution in [1.82, 2.24) is 0 Å². The lowest BCUT2D eigenvalue weighted by Gasteiger charge is -2.30. The van der Waals surface area contributed by atoms with Gasteiger partial charge in [-0.05, 0) is 12.1 Å². The normalized spacial score (nSPS) is 31.6. The Morgan fingerprint density at radius 1 is 1.41 bits per heavy atom. The van der Waals surface area contributed by atoms with Crippen LogP contribution in [0, 0.1) is 0 Å². The van der Waals surface area contributed by atoms with Gasteiger partial charge in [0.2, 0.25) is 5.91 Å². The van der Waals surface area contributed by atoms with Crippen molar-refractivity contribution >= 4 is 11.6 Å². The molecule has 5 nitrogen and oxygen atoms in total. The summed E-state index contributed by atoms with van der Waals surface area (Å²) in [4.78, 5) is 12.0. The fourth-order valence-corrected chi connectivity index (χ4v) is 2.28. The molecule has 1 amide bonds. The van der Waals surface area contributed by atoms with Gasteiger partial charge in [0.1, 0.15) is 11.8 Å². The third-order valence-electron chi connectivity index (χ3n) is 3.32. The number of benzene rings is 1. The maximum atomic E-state index is 12.0. The molecular formula is C12H14N2O3. The van der Waals surface area contributed by atoms with Crippen molar-refractivity contribution in [2.45, 2.75) is 18.1 Å². The van der Waals surface area contributed by atoms with Crippen molar-refractivity contribution in [3.8, 4) is 5.75 Å². The summed E-state index contributed by atoms with van der Waals surface area (Å²) < 4.78 is 11.3. The van der Waals surface area contributed by atoms with Crippen molar-refractivity contribution in [3.63, 3.8) is 0 Å². The maximum absolute atomic E-state index is 12.0. The molecule has 5 heteroatoms. The first-order valence-electron chi connectivity index (χ1n) is 5.63. The molecule has 0 aromatic heterocycles. The molecule has 2 heterocycles. The van der Waals surface area contributed by atoms with Gasteiger partial charge in [-0.1, -0.05) is 12.1 Å². The molecule has 1 aromatic rings. The van der Waals surface area contributed by atoms with Crippen molar-refractivity contribution in [2.24, 2.45) is 5.73 Å². The van der Waals surface area contributed by atoms with E-state index in [1.54, 1.807) is 6.07 Å². The van der Waals surface area contributed by atoms with Gasteiger partial charge in [0.25, 0.3) is 0 Å². The van der Waals surface area contributed by atoms with Crippen LogP contribution in [0.25, 0.3) is 0 Å². The van der Waals surface area contributed by atoms with E-state index in [-0.39, 0.29) is 5.91 Å². The van der Waals surface area contributed by atoms with E-state index in [0.29, 0.717) is 31.1 Å². The Hall–Kier alpha value is -1.59. The summed E-state index contributed by atoms with van der Waals surface area (Å²) in [5.74, 6) is 0.430. The molecule has 2 aliphatic heterocycles. The number of carbonyl (C=O) groups is 1. The van der Waals surface area contributed by atoms with Crippen molar-refractivity contribution in [3.05, 3.63) is 24.3 Å². The third kappa shape index (κ3) is 1.59. The Bertz CT molecular complexity index is 455. The van der Waals surface area contributed by atoms with E-state index >= 15 is 0 Å². The number of hydrogen-bond acceptors (Lipinski definition) is 4. The number of hydrogen-bond donors (Lipinski definition) is 2. The molecule has 2 atom stereocenters. The zero-order valence-corrected chi connectivity index (χ0v) is 9.31. The third-order valence-corrected chi connectivity index (χ3v) is 3.32. The minimum absolute atomic E-state index is 0.222. The first-order valence-corrected chi connectivity index (χ1v) is 5.63. The second kappa shape index (κ2) is 3.72.